The summed E-state index contributed by atoms with van der Waals surface area (Å²) in [6.45, 7) is 3.69. The van der Waals surface area contributed by atoms with Crippen LogP contribution in [0.2, 0.25) is 5.02 Å². The Morgan fingerprint density at radius 1 is 1.19 bits per heavy atom. The van der Waals surface area contributed by atoms with Crippen LogP contribution in [0.3, 0.4) is 0 Å². The molecule has 2 aromatic rings. The van der Waals surface area contributed by atoms with Crippen molar-refractivity contribution in [1.29, 1.82) is 5.26 Å². The molecule has 2 rings (SSSR count). The summed E-state index contributed by atoms with van der Waals surface area (Å²) in [5.41, 5.74) is 1.53. The number of nitrogens with one attached hydrogen (secondary N) is 1. The fourth-order valence-corrected chi connectivity index (χ4v) is 3.16. The van der Waals surface area contributed by atoms with E-state index >= 15 is 0 Å². The number of nitriles is 1. The normalized spacial score (nSPS) is 12.1. The molecule has 140 valence electrons. The van der Waals surface area contributed by atoms with Crippen LogP contribution >= 0.6 is 19.2 Å². The van der Waals surface area contributed by atoms with E-state index in [1.807, 2.05) is 6.07 Å². The maximum absolute atomic E-state index is 11.7. The van der Waals surface area contributed by atoms with Gasteiger partial charge in [-0.25, -0.2) is 0 Å². The van der Waals surface area contributed by atoms with Gasteiger partial charge >= 0.3 is 7.60 Å². The van der Waals surface area contributed by atoms with Gasteiger partial charge in [-0.1, -0.05) is 35.9 Å². The third-order valence-corrected chi connectivity index (χ3v) is 4.44. The average Bonchev–Trinajstić information content (AvgIpc) is 2.53. The molecule has 0 spiro atoms. The van der Waals surface area contributed by atoms with Gasteiger partial charge in [0.25, 0.3) is 0 Å². The zero-order valence-corrected chi connectivity index (χ0v) is 16.2. The minimum absolute atomic E-state index is 0.167. The van der Waals surface area contributed by atoms with Gasteiger partial charge in [0.1, 0.15) is 5.78 Å². The van der Waals surface area contributed by atoms with Crippen LogP contribution in [-0.2, 0) is 11.1 Å². The Kier molecular flexibility index (Phi) is 8.97. The number of aliphatic hydroxyl groups is 1. The van der Waals surface area contributed by atoms with Gasteiger partial charge in [-0.3, -0.25) is 9.88 Å². The van der Waals surface area contributed by atoms with Crippen LogP contribution in [-0.4, -0.2) is 21.0 Å². The molecule has 6 nitrogen and oxygen atoms in total. The van der Waals surface area contributed by atoms with Crippen LogP contribution in [0, 0.1) is 11.3 Å². The summed E-state index contributed by atoms with van der Waals surface area (Å²) in [6, 6.07) is 15.2. The zero-order chi connectivity index (χ0) is 19.7. The Morgan fingerprint density at radius 3 is 2.35 bits per heavy atom. The van der Waals surface area contributed by atoms with Crippen LogP contribution in [0.1, 0.15) is 36.3 Å². The molecule has 0 aliphatic heterocycles. The molecule has 1 unspecified atom stereocenters. The smallest absolute Gasteiger partial charge is 0.346 e. The monoisotopic (exact) mass is 396 g/mol. The molecule has 0 aliphatic rings. The van der Waals surface area contributed by atoms with Crippen molar-refractivity contribution in [3.05, 3.63) is 70.2 Å². The summed E-state index contributed by atoms with van der Waals surface area (Å²) in [7, 11) is -4.43. The summed E-state index contributed by atoms with van der Waals surface area (Å²) in [4.78, 5) is 19.1. The first kappa shape index (κ1) is 22.3. The highest BCUT2D eigenvalue weighted by molar-refractivity contribution is 7.52. The van der Waals surface area contributed by atoms with E-state index in [0.29, 0.717) is 16.1 Å². The van der Waals surface area contributed by atoms with Crippen molar-refractivity contribution in [3.8, 4) is 6.07 Å². The van der Waals surface area contributed by atoms with Crippen molar-refractivity contribution in [2.45, 2.75) is 32.3 Å². The van der Waals surface area contributed by atoms with Gasteiger partial charge in [-0.15, -0.1) is 0 Å². The summed E-state index contributed by atoms with van der Waals surface area (Å²) in [6.07, 6.45) is -0.167. The Bertz CT molecular complexity index is 799. The summed E-state index contributed by atoms with van der Waals surface area (Å²) in [5, 5.41) is 20.4. The van der Waals surface area contributed by atoms with Gasteiger partial charge in [0, 0.05) is 17.7 Å². The standard InChI is InChI=1S/C15H14ClN2O3P.C3H8O/c16-14-6-2-4-12(8-14)10-18-15(22(19,20)21)13-5-1-3-11(7-13)9-17;1-3(2)4/h1-8,15,18H,10H2,(H2,19,20,21);3-4H,1-2H3. The molecule has 2 aromatic carbocycles. The lowest BCUT2D eigenvalue weighted by Crippen LogP contribution is -2.21. The topological polar surface area (TPSA) is 114 Å². The van der Waals surface area contributed by atoms with Gasteiger partial charge in [-0.05, 0) is 49.2 Å². The molecule has 0 aromatic heterocycles. The largest absolute Gasteiger partial charge is 0.394 e. The number of benzene rings is 2. The predicted octanol–water partition coefficient (Wildman–Crippen LogP) is 3.56. The molecule has 0 fully saturated rings. The number of nitrogens with zero attached hydrogens (tertiary/aromatic N) is 1. The molecule has 0 aliphatic carbocycles. The van der Waals surface area contributed by atoms with Crippen molar-refractivity contribution in [1.82, 2.24) is 5.32 Å². The van der Waals surface area contributed by atoms with E-state index in [2.05, 4.69) is 5.32 Å². The average molecular weight is 397 g/mol. The van der Waals surface area contributed by atoms with Crippen LogP contribution in [0.5, 0.6) is 0 Å². The van der Waals surface area contributed by atoms with E-state index < -0.39 is 13.4 Å². The first-order chi connectivity index (χ1) is 12.1. The molecule has 0 saturated carbocycles. The Labute approximate surface area is 158 Å². The quantitative estimate of drug-likeness (QED) is 0.574. The third kappa shape index (κ3) is 8.11. The van der Waals surface area contributed by atoms with Crippen molar-refractivity contribution in [2.24, 2.45) is 0 Å². The lowest BCUT2D eigenvalue weighted by Gasteiger charge is -2.20. The third-order valence-electron chi connectivity index (χ3n) is 3.06. The molecule has 26 heavy (non-hydrogen) atoms. The molecule has 0 bridgehead atoms. The molecule has 1 atom stereocenters. The number of hydrogen-bond acceptors (Lipinski definition) is 4. The SMILES string of the molecule is CC(C)O.N#Cc1cccc(C(NCc2cccc(Cl)c2)P(=O)(O)O)c1. The molecule has 0 saturated heterocycles. The van der Waals surface area contributed by atoms with Crippen LogP contribution in [0.4, 0.5) is 0 Å². The fraction of sp³-hybridized carbons (Fsp3) is 0.278. The Hall–Kier alpha value is -1.71. The molecule has 8 heteroatoms. The lowest BCUT2D eigenvalue weighted by atomic mass is 10.1. The summed E-state index contributed by atoms with van der Waals surface area (Å²) in [5.74, 6) is -1.18. The highest BCUT2D eigenvalue weighted by Crippen LogP contribution is 2.50. The summed E-state index contributed by atoms with van der Waals surface area (Å²) < 4.78 is 11.7. The second kappa shape index (κ2) is 10.4. The maximum Gasteiger partial charge on any atom is 0.346 e. The molecule has 0 heterocycles. The van der Waals surface area contributed by atoms with Crippen molar-refractivity contribution >= 4 is 19.2 Å². The number of rotatable bonds is 5. The Morgan fingerprint density at radius 2 is 1.81 bits per heavy atom. The number of hydrogen-bond donors (Lipinski definition) is 4. The second-order valence-corrected chi connectivity index (χ2v) is 7.96. The van der Waals surface area contributed by atoms with Gasteiger partial charge < -0.3 is 14.9 Å². The van der Waals surface area contributed by atoms with E-state index in [9.17, 15) is 14.4 Å². The molecular weight excluding hydrogens is 375 g/mol. The summed E-state index contributed by atoms with van der Waals surface area (Å²) >= 11 is 5.89. The van der Waals surface area contributed by atoms with Crippen LogP contribution in [0.25, 0.3) is 0 Å². The maximum atomic E-state index is 11.7. The molecular formula is C18H22ClN2O4P. The zero-order valence-electron chi connectivity index (χ0n) is 14.5. The minimum Gasteiger partial charge on any atom is -0.394 e. The van der Waals surface area contributed by atoms with Crippen LogP contribution < -0.4 is 5.32 Å². The van der Waals surface area contributed by atoms with E-state index in [1.165, 1.54) is 6.07 Å². The van der Waals surface area contributed by atoms with E-state index in [-0.39, 0.29) is 12.6 Å². The highest BCUT2D eigenvalue weighted by atomic mass is 35.5. The minimum atomic E-state index is -4.43. The van der Waals surface area contributed by atoms with Gasteiger partial charge in [-0.2, -0.15) is 5.26 Å². The van der Waals surface area contributed by atoms with E-state index in [0.717, 1.165) is 5.56 Å². The first-order valence-corrected chi connectivity index (χ1v) is 9.90. The molecule has 0 amide bonds. The molecule has 4 N–H and O–H groups in total. The number of aliphatic hydroxyl groups excluding tert-OH is 1. The van der Waals surface area contributed by atoms with Crippen LogP contribution in [0.15, 0.2) is 48.5 Å². The fourth-order valence-electron chi connectivity index (χ4n) is 2.07. The van der Waals surface area contributed by atoms with Crippen molar-refractivity contribution in [2.75, 3.05) is 0 Å². The van der Waals surface area contributed by atoms with Gasteiger partial charge in [0.15, 0.2) is 0 Å². The van der Waals surface area contributed by atoms with E-state index in [1.54, 1.807) is 56.3 Å². The van der Waals surface area contributed by atoms with E-state index in [4.69, 9.17) is 22.0 Å². The van der Waals surface area contributed by atoms with Gasteiger partial charge in [0.2, 0.25) is 0 Å². The predicted molar refractivity (Wildman–Crippen MR) is 102 cm³/mol. The van der Waals surface area contributed by atoms with Crippen molar-refractivity contribution < 1.29 is 19.5 Å². The first-order valence-electron chi connectivity index (χ1n) is 7.84. The lowest BCUT2D eigenvalue weighted by molar-refractivity contribution is 0.216. The highest BCUT2D eigenvalue weighted by Gasteiger charge is 2.30. The van der Waals surface area contributed by atoms with Crippen molar-refractivity contribution in [3.63, 3.8) is 0 Å². The number of halogens is 1. The Balaban J connectivity index is 0.000000765. The second-order valence-electron chi connectivity index (χ2n) is 5.83. The molecule has 0 radical (unpaired) electrons. The van der Waals surface area contributed by atoms with Gasteiger partial charge in [0.05, 0.1) is 11.6 Å².